The van der Waals surface area contributed by atoms with E-state index in [0.29, 0.717) is 0 Å². The molecule has 148 valence electrons. The van der Waals surface area contributed by atoms with Crippen LogP contribution in [0.3, 0.4) is 0 Å². The highest BCUT2D eigenvalue weighted by Crippen LogP contribution is 2.30. The summed E-state index contributed by atoms with van der Waals surface area (Å²) in [5.41, 5.74) is 4.12. The molecule has 2 aliphatic rings. The predicted octanol–water partition coefficient (Wildman–Crippen LogP) is 2.78. The number of benzene rings is 1. The lowest BCUT2D eigenvalue weighted by atomic mass is 10.0. The highest BCUT2D eigenvalue weighted by molar-refractivity contribution is 5.96. The molecule has 2 aromatic rings. The number of hydrogen-bond donors (Lipinski definition) is 2. The molecule has 1 aromatic carbocycles. The van der Waals surface area contributed by atoms with Crippen LogP contribution in [0, 0.1) is 0 Å². The van der Waals surface area contributed by atoms with Gasteiger partial charge in [-0.15, -0.1) is 0 Å². The largest absolute Gasteiger partial charge is 0.464 e. The maximum atomic E-state index is 12.1. The molecule has 0 radical (unpaired) electrons. The fourth-order valence-corrected chi connectivity index (χ4v) is 4.09. The van der Waals surface area contributed by atoms with E-state index < -0.39 is 24.5 Å². The van der Waals surface area contributed by atoms with Gasteiger partial charge in [0.1, 0.15) is 5.58 Å². The summed E-state index contributed by atoms with van der Waals surface area (Å²) >= 11 is 0. The first-order chi connectivity index (χ1) is 13.6. The summed E-state index contributed by atoms with van der Waals surface area (Å²) in [5.74, 6) is -1.17. The molecule has 2 aliphatic carbocycles. The smallest absolute Gasteiger partial charge is 0.321 e. The molecule has 0 bridgehead atoms. The lowest BCUT2D eigenvalue weighted by molar-refractivity contribution is -0.147. The molecule has 1 aromatic heterocycles. The van der Waals surface area contributed by atoms with Crippen LogP contribution in [0.25, 0.3) is 11.0 Å². The van der Waals surface area contributed by atoms with Crippen molar-refractivity contribution in [3.63, 3.8) is 0 Å². The van der Waals surface area contributed by atoms with E-state index in [0.717, 1.165) is 61.5 Å². The Balaban J connectivity index is 1.27. The topological polar surface area (TPSA) is 97.6 Å². The van der Waals surface area contributed by atoms with Gasteiger partial charge in [0, 0.05) is 17.0 Å². The standard InChI is InChI=1S/C21H24N2O5/c24-19(23-21(26)22-16-6-1-2-7-16)12-28-20(25)10-15-11-27-18-9-14-5-3-4-13(14)8-17(15)18/h8-9,11,16H,1-7,10,12H2,(H2,22,23,24,26). The van der Waals surface area contributed by atoms with E-state index in [9.17, 15) is 14.4 Å². The highest BCUT2D eigenvalue weighted by atomic mass is 16.5. The second-order valence-electron chi connectivity index (χ2n) is 7.57. The molecule has 1 fully saturated rings. The second kappa shape index (κ2) is 8.04. The normalized spacial score (nSPS) is 16.1. The van der Waals surface area contributed by atoms with E-state index in [1.165, 1.54) is 11.1 Å². The highest BCUT2D eigenvalue weighted by Gasteiger charge is 2.20. The van der Waals surface area contributed by atoms with Crippen LogP contribution in [0.15, 0.2) is 22.8 Å². The number of carbonyl (C=O) groups excluding carboxylic acids is 3. The average Bonchev–Trinajstić information content (AvgIpc) is 3.40. The zero-order chi connectivity index (χ0) is 19.5. The van der Waals surface area contributed by atoms with Gasteiger partial charge in [0.25, 0.3) is 5.91 Å². The number of furan rings is 1. The SMILES string of the molecule is O=C(COC(=O)Cc1coc2cc3c(cc12)CCC3)NC(=O)NC1CCCC1. The molecule has 2 N–H and O–H groups in total. The van der Waals surface area contributed by atoms with E-state index in [4.69, 9.17) is 9.15 Å². The summed E-state index contributed by atoms with van der Waals surface area (Å²) in [6, 6.07) is 3.71. The fourth-order valence-electron chi connectivity index (χ4n) is 4.09. The van der Waals surface area contributed by atoms with Gasteiger partial charge in [0.15, 0.2) is 6.61 Å². The van der Waals surface area contributed by atoms with Gasteiger partial charge in [-0.1, -0.05) is 12.8 Å². The van der Waals surface area contributed by atoms with Gasteiger partial charge in [-0.05, 0) is 55.4 Å². The minimum absolute atomic E-state index is 0.0212. The predicted molar refractivity (Wildman–Crippen MR) is 102 cm³/mol. The molecule has 7 heteroatoms. The van der Waals surface area contributed by atoms with Crippen LogP contribution in [0.1, 0.15) is 48.8 Å². The number of urea groups is 1. The van der Waals surface area contributed by atoms with Crippen LogP contribution in [0.5, 0.6) is 0 Å². The fraction of sp³-hybridized carbons (Fsp3) is 0.476. The lowest BCUT2D eigenvalue weighted by Gasteiger charge is -2.12. The summed E-state index contributed by atoms with van der Waals surface area (Å²) in [4.78, 5) is 35.7. The third-order valence-electron chi connectivity index (χ3n) is 5.51. The Hall–Kier alpha value is -2.83. The van der Waals surface area contributed by atoms with Crippen LogP contribution in [-0.2, 0) is 33.6 Å². The summed E-state index contributed by atoms with van der Waals surface area (Å²) in [5, 5.41) is 5.86. The number of aryl methyl sites for hydroxylation is 2. The molecule has 0 saturated heterocycles. The van der Waals surface area contributed by atoms with Crippen LogP contribution in [-0.4, -0.2) is 30.6 Å². The van der Waals surface area contributed by atoms with E-state index in [1.807, 2.05) is 6.07 Å². The molecule has 1 saturated carbocycles. The van der Waals surface area contributed by atoms with Gasteiger partial charge in [0.05, 0.1) is 12.7 Å². The summed E-state index contributed by atoms with van der Waals surface area (Å²) in [7, 11) is 0. The van der Waals surface area contributed by atoms with Gasteiger partial charge in [-0.2, -0.15) is 0 Å². The monoisotopic (exact) mass is 384 g/mol. The van der Waals surface area contributed by atoms with E-state index in [1.54, 1.807) is 6.26 Å². The molecule has 1 heterocycles. The Morgan fingerprint density at radius 3 is 2.61 bits per heavy atom. The zero-order valence-corrected chi connectivity index (χ0v) is 15.7. The number of nitrogens with one attached hydrogen (secondary N) is 2. The summed E-state index contributed by atoms with van der Waals surface area (Å²) in [6.07, 6.45) is 8.86. The molecule has 0 atom stereocenters. The Kier molecular flexibility index (Phi) is 5.32. The molecule has 0 aliphatic heterocycles. The molecular formula is C21H24N2O5. The first-order valence-electron chi connectivity index (χ1n) is 9.86. The third-order valence-corrected chi connectivity index (χ3v) is 5.51. The van der Waals surface area contributed by atoms with Crippen molar-refractivity contribution >= 4 is 28.9 Å². The van der Waals surface area contributed by atoms with Gasteiger partial charge in [-0.3, -0.25) is 14.9 Å². The Morgan fingerprint density at radius 1 is 1.07 bits per heavy atom. The molecule has 0 unspecified atom stereocenters. The summed E-state index contributed by atoms with van der Waals surface area (Å²) in [6.45, 7) is -0.484. The second-order valence-corrected chi connectivity index (χ2v) is 7.57. The molecule has 7 nitrogen and oxygen atoms in total. The Morgan fingerprint density at radius 2 is 1.82 bits per heavy atom. The minimum Gasteiger partial charge on any atom is -0.464 e. The Bertz CT molecular complexity index is 911. The molecule has 3 amide bonds. The first-order valence-corrected chi connectivity index (χ1v) is 9.86. The number of ether oxygens (including phenoxy) is 1. The third kappa shape index (κ3) is 4.18. The number of amides is 3. The number of hydrogen-bond acceptors (Lipinski definition) is 5. The number of rotatable bonds is 5. The molecule has 4 rings (SSSR count). The van der Waals surface area contributed by atoms with Crippen molar-refractivity contribution < 1.29 is 23.5 Å². The van der Waals surface area contributed by atoms with Crippen LogP contribution >= 0.6 is 0 Å². The molecule has 28 heavy (non-hydrogen) atoms. The quantitative estimate of drug-likeness (QED) is 0.773. The number of esters is 1. The van der Waals surface area contributed by atoms with Crippen molar-refractivity contribution in [1.82, 2.24) is 10.6 Å². The van der Waals surface area contributed by atoms with E-state index in [2.05, 4.69) is 16.7 Å². The van der Waals surface area contributed by atoms with Crippen molar-refractivity contribution in [3.05, 3.63) is 35.1 Å². The number of carbonyl (C=O) groups is 3. The van der Waals surface area contributed by atoms with Crippen LogP contribution in [0.2, 0.25) is 0 Å². The van der Waals surface area contributed by atoms with Crippen molar-refractivity contribution in [3.8, 4) is 0 Å². The molecule has 0 spiro atoms. The first kappa shape index (κ1) is 18.5. The van der Waals surface area contributed by atoms with Crippen molar-refractivity contribution in [1.29, 1.82) is 0 Å². The van der Waals surface area contributed by atoms with Gasteiger partial charge in [0.2, 0.25) is 0 Å². The minimum atomic E-state index is -0.640. The maximum absolute atomic E-state index is 12.1. The molecular weight excluding hydrogens is 360 g/mol. The van der Waals surface area contributed by atoms with Gasteiger partial charge < -0.3 is 14.5 Å². The number of fused-ring (bicyclic) bond motifs is 2. The van der Waals surface area contributed by atoms with Crippen molar-refractivity contribution in [2.75, 3.05) is 6.61 Å². The summed E-state index contributed by atoms with van der Waals surface area (Å²) < 4.78 is 10.6. The van der Waals surface area contributed by atoms with Crippen LogP contribution in [0.4, 0.5) is 4.79 Å². The zero-order valence-electron chi connectivity index (χ0n) is 15.7. The van der Waals surface area contributed by atoms with E-state index >= 15 is 0 Å². The Labute approximate surface area is 162 Å². The van der Waals surface area contributed by atoms with Gasteiger partial charge >= 0.3 is 12.0 Å². The van der Waals surface area contributed by atoms with Crippen molar-refractivity contribution in [2.24, 2.45) is 0 Å². The number of imide groups is 1. The van der Waals surface area contributed by atoms with E-state index in [-0.39, 0.29) is 12.5 Å². The maximum Gasteiger partial charge on any atom is 0.321 e. The lowest BCUT2D eigenvalue weighted by Crippen LogP contribution is -2.45. The van der Waals surface area contributed by atoms with Crippen molar-refractivity contribution in [2.45, 2.75) is 57.4 Å². The van der Waals surface area contributed by atoms with Gasteiger partial charge in [-0.25, -0.2) is 4.79 Å². The average molecular weight is 384 g/mol. The van der Waals surface area contributed by atoms with Crippen LogP contribution < -0.4 is 10.6 Å².